The zero-order chi connectivity index (χ0) is 18.0. The number of methoxy groups -OCH3 is 1. The highest BCUT2D eigenvalue weighted by atomic mass is 16.5. The number of rotatable bonds is 4. The maximum atomic E-state index is 5.33. The van der Waals surface area contributed by atoms with Crippen LogP contribution in [0, 0.1) is 6.92 Å². The quantitative estimate of drug-likeness (QED) is 0.818. The monoisotopic (exact) mass is 339 g/mol. The van der Waals surface area contributed by atoms with Crippen LogP contribution in [-0.2, 0) is 16.8 Å². The Morgan fingerprint density at radius 1 is 1.20 bits per heavy atom. The van der Waals surface area contributed by atoms with E-state index in [1.54, 1.807) is 7.11 Å². The van der Waals surface area contributed by atoms with Crippen LogP contribution >= 0.6 is 0 Å². The van der Waals surface area contributed by atoms with Crippen molar-refractivity contribution in [3.05, 3.63) is 53.0 Å². The lowest BCUT2D eigenvalue weighted by atomic mass is 9.95. The van der Waals surface area contributed by atoms with E-state index in [9.17, 15) is 0 Å². The summed E-state index contributed by atoms with van der Waals surface area (Å²) in [5.41, 5.74) is 3.55. The normalized spacial score (nSPS) is 18.0. The molecule has 0 bridgehead atoms. The van der Waals surface area contributed by atoms with Gasteiger partial charge in [-0.1, -0.05) is 50.6 Å². The summed E-state index contributed by atoms with van der Waals surface area (Å²) in [6.45, 7) is 10.2. The van der Waals surface area contributed by atoms with E-state index in [-0.39, 0.29) is 5.41 Å². The fourth-order valence-electron chi connectivity index (χ4n) is 3.45. The third-order valence-electron chi connectivity index (χ3n) is 4.70. The second-order valence-corrected chi connectivity index (χ2v) is 7.99. The van der Waals surface area contributed by atoms with Crippen LogP contribution in [-0.4, -0.2) is 23.6 Å². The van der Waals surface area contributed by atoms with Gasteiger partial charge in [-0.25, -0.2) is 9.97 Å². The average Bonchev–Trinajstić information content (AvgIpc) is 3.04. The Labute approximate surface area is 151 Å². The van der Waals surface area contributed by atoms with E-state index in [0.717, 1.165) is 30.3 Å². The summed E-state index contributed by atoms with van der Waals surface area (Å²) in [6.07, 6.45) is 2.35. The molecule has 1 aliphatic heterocycles. The summed E-state index contributed by atoms with van der Waals surface area (Å²) in [5.74, 6) is 1.91. The fraction of sp³-hybridized carbons (Fsp3) is 0.524. The van der Waals surface area contributed by atoms with Gasteiger partial charge in [0.25, 0.3) is 0 Å². The first-order valence-corrected chi connectivity index (χ1v) is 9.09. The summed E-state index contributed by atoms with van der Waals surface area (Å²) >= 11 is 0. The Bertz CT molecular complexity index is 736. The first-order valence-electron chi connectivity index (χ1n) is 9.09. The zero-order valence-corrected chi connectivity index (χ0v) is 16.0. The second-order valence-electron chi connectivity index (χ2n) is 7.99. The molecule has 1 aliphatic rings. The summed E-state index contributed by atoms with van der Waals surface area (Å²) < 4.78 is 5.33. The van der Waals surface area contributed by atoms with Crippen LogP contribution in [0.5, 0.6) is 0 Å². The molecule has 0 N–H and O–H groups in total. The van der Waals surface area contributed by atoms with Gasteiger partial charge in [0, 0.05) is 25.1 Å². The lowest BCUT2D eigenvalue weighted by Gasteiger charge is -2.28. The summed E-state index contributed by atoms with van der Waals surface area (Å²) in [5, 5.41) is 0. The maximum Gasteiger partial charge on any atom is 0.136 e. The van der Waals surface area contributed by atoms with Crippen molar-refractivity contribution in [1.29, 1.82) is 0 Å². The number of hydrogen-bond acceptors (Lipinski definition) is 4. The van der Waals surface area contributed by atoms with Gasteiger partial charge in [-0.3, -0.25) is 0 Å². The van der Waals surface area contributed by atoms with Crippen molar-refractivity contribution in [2.24, 2.45) is 0 Å². The Morgan fingerprint density at radius 2 is 2.00 bits per heavy atom. The lowest BCUT2D eigenvalue weighted by molar-refractivity contribution is 0.181. The molecule has 1 fully saturated rings. The number of ether oxygens (including phenoxy) is 1. The van der Waals surface area contributed by atoms with Gasteiger partial charge >= 0.3 is 0 Å². The van der Waals surface area contributed by atoms with Crippen molar-refractivity contribution in [3.8, 4) is 0 Å². The number of benzene rings is 1. The second kappa shape index (κ2) is 7.12. The van der Waals surface area contributed by atoms with E-state index in [1.807, 2.05) is 0 Å². The van der Waals surface area contributed by atoms with Crippen molar-refractivity contribution in [2.45, 2.75) is 58.6 Å². The van der Waals surface area contributed by atoms with Crippen molar-refractivity contribution < 1.29 is 4.74 Å². The molecule has 1 atom stereocenters. The molecule has 1 saturated heterocycles. The maximum absolute atomic E-state index is 5.33. The Kier molecular flexibility index (Phi) is 5.09. The highest BCUT2D eigenvalue weighted by Crippen LogP contribution is 2.36. The SMILES string of the molecule is COCc1cc(N2CCCC2c2cccc(C)c2)nc(C(C)(C)C)n1. The van der Waals surface area contributed by atoms with E-state index in [4.69, 9.17) is 14.7 Å². The number of aryl methyl sites for hydroxylation is 1. The highest BCUT2D eigenvalue weighted by Gasteiger charge is 2.29. The van der Waals surface area contributed by atoms with Crippen molar-refractivity contribution in [2.75, 3.05) is 18.6 Å². The number of aromatic nitrogens is 2. The van der Waals surface area contributed by atoms with E-state index in [0.29, 0.717) is 12.6 Å². The molecule has 1 aromatic heterocycles. The Balaban J connectivity index is 2.00. The van der Waals surface area contributed by atoms with Crippen molar-refractivity contribution in [1.82, 2.24) is 9.97 Å². The molecular weight excluding hydrogens is 310 g/mol. The molecule has 0 saturated carbocycles. The van der Waals surface area contributed by atoms with Crippen LogP contribution in [0.3, 0.4) is 0 Å². The topological polar surface area (TPSA) is 38.2 Å². The molecule has 25 heavy (non-hydrogen) atoms. The molecule has 0 spiro atoms. The van der Waals surface area contributed by atoms with Gasteiger partial charge in [0.05, 0.1) is 18.3 Å². The molecule has 3 rings (SSSR count). The third-order valence-corrected chi connectivity index (χ3v) is 4.70. The van der Waals surface area contributed by atoms with Crippen LogP contribution in [0.15, 0.2) is 30.3 Å². The summed E-state index contributed by atoms with van der Waals surface area (Å²) in [7, 11) is 1.71. The largest absolute Gasteiger partial charge is 0.378 e. The van der Waals surface area contributed by atoms with Crippen molar-refractivity contribution >= 4 is 5.82 Å². The summed E-state index contributed by atoms with van der Waals surface area (Å²) in [4.78, 5) is 12.1. The molecule has 2 aromatic rings. The molecule has 0 amide bonds. The molecule has 0 aliphatic carbocycles. The third kappa shape index (κ3) is 4.01. The number of nitrogens with zero attached hydrogens (tertiary/aromatic N) is 3. The number of anilines is 1. The standard InChI is InChI=1S/C21H29N3O/c1-15-8-6-9-16(12-15)18-10-7-11-24(18)19-13-17(14-25-5)22-20(23-19)21(2,3)4/h6,8-9,12-13,18H,7,10-11,14H2,1-5H3. The van der Waals surface area contributed by atoms with E-state index in [2.05, 4.69) is 62.9 Å². The van der Waals surface area contributed by atoms with Crippen molar-refractivity contribution in [3.63, 3.8) is 0 Å². The number of hydrogen-bond donors (Lipinski definition) is 0. The van der Waals surface area contributed by atoms with Gasteiger partial charge in [0.15, 0.2) is 0 Å². The van der Waals surface area contributed by atoms with E-state index >= 15 is 0 Å². The predicted molar refractivity (Wildman–Crippen MR) is 102 cm³/mol. The van der Waals surface area contributed by atoms with E-state index in [1.165, 1.54) is 17.5 Å². The van der Waals surface area contributed by atoms with Gasteiger partial charge < -0.3 is 9.64 Å². The van der Waals surface area contributed by atoms with E-state index < -0.39 is 0 Å². The Hall–Kier alpha value is -1.94. The molecular formula is C21H29N3O. The first kappa shape index (κ1) is 17.9. The van der Waals surface area contributed by atoms with Gasteiger partial charge in [-0.2, -0.15) is 0 Å². The summed E-state index contributed by atoms with van der Waals surface area (Å²) in [6, 6.07) is 11.3. The first-order chi connectivity index (χ1) is 11.9. The van der Waals surface area contributed by atoms with Crippen LogP contribution in [0.2, 0.25) is 0 Å². The Morgan fingerprint density at radius 3 is 2.68 bits per heavy atom. The highest BCUT2D eigenvalue weighted by molar-refractivity contribution is 5.46. The van der Waals surface area contributed by atoms with Crippen LogP contribution in [0.25, 0.3) is 0 Å². The molecule has 134 valence electrons. The smallest absolute Gasteiger partial charge is 0.136 e. The molecule has 4 heteroatoms. The van der Waals surface area contributed by atoms with Gasteiger partial charge in [-0.05, 0) is 25.3 Å². The zero-order valence-electron chi connectivity index (χ0n) is 16.0. The van der Waals surface area contributed by atoms with Gasteiger partial charge in [0.1, 0.15) is 11.6 Å². The van der Waals surface area contributed by atoms with Crippen LogP contribution < -0.4 is 4.90 Å². The minimum Gasteiger partial charge on any atom is -0.378 e. The minimum atomic E-state index is -0.0863. The molecule has 0 radical (unpaired) electrons. The predicted octanol–water partition coefficient (Wildman–Crippen LogP) is 4.57. The average molecular weight is 339 g/mol. The molecule has 1 aromatic carbocycles. The molecule has 4 nitrogen and oxygen atoms in total. The van der Waals surface area contributed by atoms with Gasteiger partial charge in [-0.15, -0.1) is 0 Å². The van der Waals surface area contributed by atoms with Crippen LogP contribution in [0.1, 0.15) is 62.3 Å². The fourth-order valence-corrected chi connectivity index (χ4v) is 3.45. The lowest BCUT2D eigenvalue weighted by Crippen LogP contribution is -2.26. The minimum absolute atomic E-state index is 0.0863. The van der Waals surface area contributed by atoms with Crippen LogP contribution in [0.4, 0.5) is 5.82 Å². The molecule has 2 heterocycles. The molecule has 1 unspecified atom stereocenters. The van der Waals surface area contributed by atoms with Gasteiger partial charge in [0.2, 0.25) is 0 Å².